The lowest BCUT2D eigenvalue weighted by Gasteiger charge is -2.28. The summed E-state index contributed by atoms with van der Waals surface area (Å²) in [4.78, 5) is 12.5. The minimum Gasteiger partial charge on any atom is -0.275 e. The molecule has 1 amide bonds. The highest BCUT2D eigenvalue weighted by atomic mass is 19.4. The molecule has 0 aromatic heterocycles. The van der Waals surface area contributed by atoms with Gasteiger partial charge in [-0.2, -0.15) is 22.0 Å². The van der Waals surface area contributed by atoms with E-state index < -0.39 is 18.0 Å². The molecule has 7 heteroatoms. The fourth-order valence-corrected chi connectivity index (χ4v) is 2.18. The molecule has 0 heterocycles. The maximum Gasteiger partial charge on any atom is 0.463 e. The number of alkyl halides is 5. The standard InChI is InChI=1S/C17H14F5NO/c1-11-5-3-7-13(9-11)23(14-8-4-6-12(2)10-14)15(24)16(18,19)17(20,21)22/h3-10H,1-2H3. The Hall–Kier alpha value is -2.44. The van der Waals surface area contributed by atoms with Crippen molar-refractivity contribution >= 4 is 17.3 Å². The van der Waals surface area contributed by atoms with Crippen LogP contribution in [0, 0.1) is 13.8 Å². The van der Waals surface area contributed by atoms with Crippen molar-refractivity contribution in [2.24, 2.45) is 0 Å². The van der Waals surface area contributed by atoms with Crippen LogP contribution in [0.5, 0.6) is 0 Å². The normalized spacial score (nSPS) is 12.1. The maximum atomic E-state index is 13.6. The summed E-state index contributed by atoms with van der Waals surface area (Å²) in [7, 11) is 0. The second-order valence-corrected chi connectivity index (χ2v) is 5.39. The molecule has 0 unspecified atom stereocenters. The fraction of sp³-hybridized carbons (Fsp3) is 0.235. The predicted molar refractivity (Wildman–Crippen MR) is 80.5 cm³/mol. The summed E-state index contributed by atoms with van der Waals surface area (Å²) < 4.78 is 65.2. The number of aryl methyl sites for hydroxylation is 2. The van der Waals surface area contributed by atoms with Crippen LogP contribution in [0.1, 0.15) is 11.1 Å². The first-order valence-corrected chi connectivity index (χ1v) is 6.96. The summed E-state index contributed by atoms with van der Waals surface area (Å²) in [6.07, 6.45) is -5.98. The van der Waals surface area contributed by atoms with Crippen molar-refractivity contribution in [1.82, 2.24) is 0 Å². The highest BCUT2D eigenvalue weighted by Crippen LogP contribution is 2.40. The van der Waals surface area contributed by atoms with Gasteiger partial charge in [0.25, 0.3) is 0 Å². The van der Waals surface area contributed by atoms with E-state index in [4.69, 9.17) is 0 Å². The first-order chi connectivity index (χ1) is 11.0. The fourth-order valence-electron chi connectivity index (χ4n) is 2.18. The van der Waals surface area contributed by atoms with Gasteiger partial charge in [0.15, 0.2) is 0 Å². The summed E-state index contributed by atoms with van der Waals surface area (Å²) in [5, 5.41) is 0. The molecule has 0 fully saturated rings. The minimum absolute atomic E-state index is 0.0606. The molecule has 128 valence electrons. The van der Waals surface area contributed by atoms with E-state index in [9.17, 15) is 26.7 Å². The number of benzene rings is 2. The van der Waals surface area contributed by atoms with Crippen molar-refractivity contribution in [3.05, 3.63) is 59.7 Å². The molecule has 0 aliphatic carbocycles. The van der Waals surface area contributed by atoms with Crippen LogP contribution in [-0.4, -0.2) is 18.0 Å². The molecule has 0 atom stereocenters. The van der Waals surface area contributed by atoms with Crippen LogP contribution in [-0.2, 0) is 4.79 Å². The lowest BCUT2D eigenvalue weighted by Crippen LogP contribution is -2.50. The smallest absolute Gasteiger partial charge is 0.275 e. The van der Waals surface area contributed by atoms with E-state index in [0.29, 0.717) is 16.0 Å². The third kappa shape index (κ3) is 3.39. The van der Waals surface area contributed by atoms with Gasteiger partial charge in [-0.3, -0.25) is 9.69 Å². The Labute approximate surface area is 135 Å². The van der Waals surface area contributed by atoms with Crippen LogP contribution in [0.2, 0.25) is 0 Å². The second-order valence-electron chi connectivity index (χ2n) is 5.39. The third-order valence-corrected chi connectivity index (χ3v) is 3.35. The van der Waals surface area contributed by atoms with Crippen LogP contribution in [0.25, 0.3) is 0 Å². The molecule has 0 aliphatic heterocycles. The van der Waals surface area contributed by atoms with Crippen molar-refractivity contribution < 1.29 is 26.7 Å². The van der Waals surface area contributed by atoms with E-state index in [1.54, 1.807) is 26.0 Å². The average molecular weight is 343 g/mol. The van der Waals surface area contributed by atoms with Gasteiger partial charge < -0.3 is 0 Å². The van der Waals surface area contributed by atoms with Crippen molar-refractivity contribution in [3.63, 3.8) is 0 Å². The molecular weight excluding hydrogens is 329 g/mol. The molecule has 2 aromatic carbocycles. The number of carbonyl (C=O) groups excluding carboxylic acids is 1. The quantitative estimate of drug-likeness (QED) is 0.705. The molecule has 0 spiro atoms. The van der Waals surface area contributed by atoms with Gasteiger partial charge >= 0.3 is 18.0 Å². The summed E-state index contributed by atoms with van der Waals surface area (Å²) in [5.41, 5.74) is 1.12. The van der Waals surface area contributed by atoms with E-state index in [1.165, 1.54) is 36.4 Å². The maximum absolute atomic E-state index is 13.6. The van der Waals surface area contributed by atoms with Crippen molar-refractivity contribution in [2.45, 2.75) is 25.9 Å². The van der Waals surface area contributed by atoms with E-state index in [-0.39, 0.29) is 11.4 Å². The number of nitrogens with zero attached hydrogens (tertiary/aromatic N) is 1. The highest BCUT2D eigenvalue weighted by Gasteiger charge is 2.65. The molecule has 0 saturated heterocycles. The van der Waals surface area contributed by atoms with E-state index in [1.807, 2.05) is 0 Å². The van der Waals surface area contributed by atoms with Gasteiger partial charge in [-0.15, -0.1) is 0 Å². The molecule has 2 aromatic rings. The first kappa shape index (κ1) is 17.9. The summed E-state index contributed by atoms with van der Waals surface area (Å²) in [6.45, 7) is 3.29. The summed E-state index contributed by atoms with van der Waals surface area (Å²) in [5.74, 6) is -7.84. The molecule has 0 aliphatic rings. The molecule has 2 nitrogen and oxygen atoms in total. The zero-order chi connectivity index (χ0) is 18.1. The van der Waals surface area contributed by atoms with Crippen molar-refractivity contribution in [2.75, 3.05) is 4.90 Å². The van der Waals surface area contributed by atoms with E-state index in [2.05, 4.69) is 0 Å². The van der Waals surface area contributed by atoms with E-state index in [0.717, 1.165) is 0 Å². The van der Waals surface area contributed by atoms with Crippen LogP contribution >= 0.6 is 0 Å². The zero-order valence-electron chi connectivity index (χ0n) is 12.9. The largest absolute Gasteiger partial charge is 0.463 e. The lowest BCUT2D eigenvalue weighted by atomic mass is 10.1. The Morgan fingerprint density at radius 3 is 1.58 bits per heavy atom. The van der Waals surface area contributed by atoms with Gasteiger partial charge in [-0.05, 0) is 49.2 Å². The number of anilines is 2. The summed E-state index contributed by atoms with van der Waals surface area (Å²) in [6, 6.07) is 11.6. The average Bonchev–Trinajstić information content (AvgIpc) is 2.46. The van der Waals surface area contributed by atoms with Crippen LogP contribution in [0.4, 0.5) is 33.3 Å². The first-order valence-electron chi connectivity index (χ1n) is 6.96. The molecule has 0 radical (unpaired) electrons. The molecule has 0 N–H and O–H groups in total. The van der Waals surface area contributed by atoms with Crippen molar-refractivity contribution in [1.29, 1.82) is 0 Å². The highest BCUT2D eigenvalue weighted by molar-refractivity contribution is 6.05. The van der Waals surface area contributed by atoms with Gasteiger partial charge in [0, 0.05) is 11.4 Å². The second kappa shape index (κ2) is 6.22. The van der Waals surface area contributed by atoms with E-state index >= 15 is 0 Å². The Kier molecular flexibility index (Phi) is 4.64. The number of rotatable bonds is 3. The lowest BCUT2D eigenvalue weighted by molar-refractivity contribution is -0.268. The molecule has 0 bridgehead atoms. The van der Waals surface area contributed by atoms with Gasteiger partial charge in [0.1, 0.15) is 0 Å². The predicted octanol–water partition coefficient (Wildman–Crippen LogP) is 5.17. The van der Waals surface area contributed by atoms with Crippen LogP contribution in [0.15, 0.2) is 48.5 Å². The number of hydrogen-bond donors (Lipinski definition) is 0. The Morgan fingerprint density at radius 1 is 0.833 bits per heavy atom. The molecule has 24 heavy (non-hydrogen) atoms. The minimum atomic E-state index is -5.98. The number of amides is 1. The Bertz CT molecular complexity index is 709. The Balaban J connectivity index is 2.62. The zero-order valence-corrected chi connectivity index (χ0v) is 12.9. The van der Waals surface area contributed by atoms with Crippen LogP contribution in [0.3, 0.4) is 0 Å². The topological polar surface area (TPSA) is 20.3 Å². The van der Waals surface area contributed by atoms with Crippen molar-refractivity contribution in [3.8, 4) is 0 Å². The number of halogens is 5. The summed E-state index contributed by atoms with van der Waals surface area (Å²) >= 11 is 0. The van der Waals surface area contributed by atoms with Crippen LogP contribution < -0.4 is 4.90 Å². The van der Waals surface area contributed by atoms with Gasteiger partial charge in [0.2, 0.25) is 0 Å². The SMILES string of the molecule is Cc1cccc(N(C(=O)C(F)(F)C(F)(F)F)c2cccc(C)c2)c1. The third-order valence-electron chi connectivity index (χ3n) is 3.35. The molecule has 2 rings (SSSR count). The van der Waals surface area contributed by atoms with Gasteiger partial charge in [-0.1, -0.05) is 24.3 Å². The monoisotopic (exact) mass is 343 g/mol. The van der Waals surface area contributed by atoms with Gasteiger partial charge in [-0.25, -0.2) is 0 Å². The molecular formula is C17H14F5NO. The Morgan fingerprint density at radius 2 is 1.25 bits per heavy atom. The number of hydrogen-bond acceptors (Lipinski definition) is 1. The number of carbonyl (C=O) groups is 1. The van der Waals surface area contributed by atoms with Gasteiger partial charge in [0.05, 0.1) is 0 Å². The molecule has 0 saturated carbocycles.